The van der Waals surface area contributed by atoms with Crippen LogP contribution >= 0.6 is 0 Å². The van der Waals surface area contributed by atoms with E-state index in [-0.39, 0.29) is 24.9 Å². The van der Waals surface area contributed by atoms with Crippen molar-refractivity contribution >= 4 is 17.6 Å². The lowest BCUT2D eigenvalue weighted by atomic mass is 10.1. The van der Waals surface area contributed by atoms with Gasteiger partial charge in [-0.2, -0.15) is 5.10 Å². The molecule has 0 bridgehead atoms. The summed E-state index contributed by atoms with van der Waals surface area (Å²) in [5.74, 6) is -0.778. The zero-order valence-corrected chi connectivity index (χ0v) is 14.0. The van der Waals surface area contributed by atoms with Gasteiger partial charge in [-0.05, 0) is 19.1 Å². The molecule has 9 nitrogen and oxygen atoms in total. The predicted molar refractivity (Wildman–Crippen MR) is 91.3 cm³/mol. The molecule has 1 aromatic carbocycles. The average molecular weight is 344 g/mol. The Morgan fingerprint density at radius 3 is 2.60 bits per heavy atom. The van der Waals surface area contributed by atoms with Crippen molar-refractivity contribution in [3.63, 3.8) is 0 Å². The van der Waals surface area contributed by atoms with Crippen molar-refractivity contribution in [1.82, 2.24) is 15.1 Å². The van der Waals surface area contributed by atoms with Crippen LogP contribution in [0.4, 0.5) is 0 Å². The zero-order valence-electron chi connectivity index (χ0n) is 14.0. The van der Waals surface area contributed by atoms with Crippen LogP contribution in [0, 0.1) is 12.3 Å². The van der Waals surface area contributed by atoms with Crippen LogP contribution in [-0.2, 0) is 18.4 Å². The number of benzene rings is 1. The molecule has 0 atom stereocenters. The van der Waals surface area contributed by atoms with E-state index in [1.807, 2.05) is 6.92 Å². The number of nitrogens with one attached hydrogen (secondary N) is 2. The fourth-order valence-corrected chi connectivity index (χ4v) is 2.09. The maximum Gasteiger partial charge on any atom is 0.272 e. The number of aromatic nitrogens is 2. The second-order valence-corrected chi connectivity index (χ2v) is 5.47. The van der Waals surface area contributed by atoms with Crippen molar-refractivity contribution in [3.8, 4) is 5.75 Å². The van der Waals surface area contributed by atoms with E-state index in [0.29, 0.717) is 22.6 Å². The number of hydrogen-bond acceptors (Lipinski definition) is 5. The van der Waals surface area contributed by atoms with E-state index in [1.165, 1.54) is 6.07 Å². The second kappa shape index (κ2) is 7.47. The Bertz CT molecular complexity index is 808. The fourth-order valence-electron chi connectivity index (χ4n) is 2.09. The quantitative estimate of drug-likeness (QED) is 0.405. The van der Waals surface area contributed by atoms with E-state index in [2.05, 4.69) is 10.4 Å². The first-order valence-corrected chi connectivity index (χ1v) is 7.45. The van der Waals surface area contributed by atoms with Gasteiger partial charge in [-0.1, -0.05) is 12.1 Å². The van der Waals surface area contributed by atoms with Crippen LogP contribution in [0.3, 0.4) is 0 Å². The van der Waals surface area contributed by atoms with E-state index in [9.17, 15) is 9.59 Å². The number of carbonyl (C=O) groups is 2. The standard InChI is InChI=1S/C16H20N6O3/c1-9-5-12(21-22(9)2)16(24)20-7-11-4-3-10(15(18)19)6-13(11)25-8-14(17)23/h3-6H,7-8H2,1-2H3,(H2,17,23)(H3,18,19)(H,20,24). The largest absolute Gasteiger partial charge is 0.483 e. The summed E-state index contributed by atoms with van der Waals surface area (Å²) in [7, 11) is 1.75. The fraction of sp³-hybridized carbons (Fsp3) is 0.250. The Kier molecular flexibility index (Phi) is 5.38. The molecule has 6 N–H and O–H groups in total. The molecule has 0 radical (unpaired) electrons. The van der Waals surface area contributed by atoms with Gasteiger partial charge in [0.15, 0.2) is 6.61 Å². The Balaban J connectivity index is 2.15. The van der Waals surface area contributed by atoms with E-state index in [1.54, 1.807) is 29.9 Å². The molecule has 1 heterocycles. The van der Waals surface area contributed by atoms with Crippen LogP contribution in [0.2, 0.25) is 0 Å². The maximum absolute atomic E-state index is 12.2. The van der Waals surface area contributed by atoms with Gasteiger partial charge < -0.3 is 21.5 Å². The Hall–Kier alpha value is -3.36. The highest BCUT2D eigenvalue weighted by molar-refractivity contribution is 5.95. The van der Waals surface area contributed by atoms with Gasteiger partial charge in [0.25, 0.3) is 11.8 Å². The molecule has 2 rings (SSSR count). The molecule has 9 heteroatoms. The average Bonchev–Trinajstić information content (AvgIpc) is 2.90. The van der Waals surface area contributed by atoms with E-state index >= 15 is 0 Å². The molecule has 0 aliphatic heterocycles. The van der Waals surface area contributed by atoms with Crippen molar-refractivity contribution in [2.45, 2.75) is 13.5 Å². The Morgan fingerprint density at radius 2 is 2.04 bits per heavy atom. The molecule has 0 unspecified atom stereocenters. The molecular weight excluding hydrogens is 324 g/mol. The minimum Gasteiger partial charge on any atom is -0.483 e. The lowest BCUT2D eigenvalue weighted by Crippen LogP contribution is -2.25. The van der Waals surface area contributed by atoms with Crippen LogP contribution in [0.5, 0.6) is 5.75 Å². The number of aryl methyl sites for hydroxylation is 2. The third-order valence-electron chi connectivity index (χ3n) is 3.53. The van der Waals surface area contributed by atoms with Crippen molar-refractivity contribution in [2.24, 2.45) is 18.5 Å². The van der Waals surface area contributed by atoms with Gasteiger partial charge in [0.05, 0.1) is 0 Å². The lowest BCUT2D eigenvalue weighted by molar-refractivity contribution is -0.119. The smallest absolute Gasteiger partial charge is 0.272 e. The monoisotopic (exact) mass is 344 g/mol. The third kappa shape index (κ3) is 4.56. The first-order chi connectivity index (χ1) is 11.8. The summed E-state index contributed by atoms with van der Waals surface area (Å²) in [6, 6.07) is 6.50. The van der Waals surface area contributed by atoms with Crippen molar-refractivity contribution in [1.29, 1.82) is 5.41 Å². The van der Waals surface area contributed by atoms with Crippen LogP contribution in [-0.4, -0.2) is 34.0 Å². The molecule has 0 aliphatic rings. The van der Waals surface area contributed by atoms with E-state index < -0.39 is 5.91 Å². The number of amides is 2. The third-order valence-corrected chi connectivity index (χ3v) is 3.53. The summed E-state index contributed by atoms with van der Waals surface area (Å²) in [4.78, 5) is 23.1. The van der Waals surface area contributed by atoms with Gasteiger partial charge in [-0.25, -0.2) is 0 Å². The number of nitrogens with two attached hydrogens (primary N) is 2. The maximum atomic E-state index is 12.2. The minimum atomic E-state index is -0.632. The molecule has 132 valence electrons. The van der Waals surface area contributed by atoms with Crippen LogP contribution in [0.1, 0.15) is 27.3 Å². The lowest BCUT2D eigenvalue weighted by Gasteiger charge is -2.12. The number of amidine groups is 1. The highest BCUT2D eigenvalue weighted by Crippen LogP contribution is 2.20. The van der Waals surface area contributed by atoms with Gasteiger partial charge in [0, 0.05) is 30.4 Å². The number of ether oxygens (including phenoxy) is 1. The first-order valence-electron chi connectivity index (χ1n) is 7.45. The van der Waals surface area contributed by atoms with Crippen molar-refractivity contribution < 1.29 is 14.3 Å². The van der Waals surface area contributed by atoms with Gasteiger partial charge in [0.1, 0.15) is 17.3 Å². The Morgan fingerprint density at radius 1 is 1.32 bits per heavy atom. The van der Waals surface area contributed by atoms with Gasteiger partial charge >= 0.3 is 0 Å². The predicted octanol–water partition coefficient (Wildman–Crippen LogP) is -0.193. The molecule has 2 amide bonds. The van der Waals surface area contributed by atoms with Gasteiger partial charge in [0.2, 0.25) is 0 Å². The molecule has 1 aromatic heterocycles. The molecule has 0 spiro atoms. The van der Waals surface area contributed by atoms with Crippen LogP contribution in [0.25, 0.3) is 0 Å². The normalized spacial score (nSPS) is 10.3. The molecule has 0 saturated heterocycles. The summed E-state index contributed by atoms with van der Waals surface area (Å²) in [6.07, 6.45) is 0. The number of hydrogen-bond donors (Lipinski definition) is 4. The minimum absolute atomic E-state index is 0.136. The molecule has 2 aromatic rings. The van der Waals surface area contributed by atoms with Gasteiger partial charge in [-0.3, -0.25) is 19.7 Å². The molecule has 0 aliphatic carbocycles. The summed E-state index contributed by atoms with van der Waals surface area (Å²) in [5, 5.41) is 14.3. The second-order valence-electron chi connectivity index (χ2n) is 5.47. The van der Waals surface area contributed by atoms with Gasteiger partial charge in [-0.15, -0.1) is 0 Å². The number of nitrogen functional groups attached to an aromatic ring is 1. The first kappa shape index (κ1) is 18.0. The number of rotatable bonds is 7. The topological polar surface area (TPSA) is 149 Å². The number of primary amides is 1. The van der Waals surface area contributed by atoms with Crippen LogP contribution < -0.4 is 21.5 Å². The summed E-state index contributed by atoms with van der Waals surface area (Å²) >= 11 is 0. The SMILES string of the molecule is Cc1cc(C(=O)NCc2ccc(C(=N)N)cc2OCC(N)=O)nn1C. The van der Waals surface area contributed by atoms with E-state index in [4.69, 9.17) is 21.6 Å². The number of nitrogens with zero attached hydrogens (tertiary/aromatic N) is 2. The summed E-state index contributed by atoms with van der Waals surface area (Å²) in [5.41, 5.74) is 12.8. The molecular formula is C16H20N6O3. The van der Waals surface area contributed by atoms with Crippen LogP contribution in [0.15, 0.2) is 24.3 Å². The zero-order chi connectivity index (χ0) is 18.6. The Labute approximate surface area is 144 Å². The molecule has 0 fully saturated rings. The number of carbonyl (C=O) groups excluding carboxylic acids is 2. The molecule has 0 saturated carbocycles. The summed E-state index contributed by atoms with van der Waals surface area (Å²) in [6.45, 7) is 1.68. The van der Waals surface area contributed by atoms with E-state index in [0.717, 1.165) is 5.69 Å². The highest BCUT2D eigenvalue weighted by Gasteiger charge is 2.13. The van der Waals surface area contributed by atoms with Crippen molar-refractivity contribution in [2.75, 3.05) is 6.61 Å². The highest BCUT2D eigenvalue weighted by atomic mass is 16.5. The molecule has 25 heavy (non-hydrogen) atoms. The summed E-state index contributed by atoms with van der Waals surface area (Å²) < 4.78 is 6.96. The van der Waals surface area contributed by atoms with Crippen molar-refractivity contribution in [3.05, 3.63) is 46.8 Å².